The Morgan fingerprint density at radius 1 is 0.737 bits per heavy atom. The molecule has 1 amide bonds. The normalized spacial score (nSPS) is 28.1. The molecule has 7 heteroatoms. The quantitative estimate of drug-likeness (QED) is 0.389. The first kappa shape index (κ1) is 25.1. The van der Waals surface area contributed by atoms with E-state index < -0.39 is 12.2 Å². The van der Waals surface area contributed by atoms with Crippen LogP contribution in [0, 0.1) is 0 Å². The number of rotatable bonds is 10. The summed E-state index contributed by atoms with van der Waals surface area (Å²) >= 11 is 0. The zero-order chi connectivity index (χ0) is 25.7. The maximum Gasteiger partial charge on any atom is 0.410 e. The number of carbonyl (C=O) groups is 1. The standard InChI is InChI=1S/C31H33NO6/c33-31-32-25(20-37-31)16-26-28(32)30(36-19-24-14-8-3-9-15-24)29(35-18-23-12-6-2-7-13-23)27(38-26)21-34-17-22-10-4-1-5-11-22/h1-15,25-30H,16-21H2/t25-,26+,27?,28?,29-,30-/m0/s1. The molecular weight excluding hydrogens is 482 g/mol. The molecule has 3 aliphatic rings. The second kappa shape index (κ2) is 11.7. The van der Waals surface area contributed by atoms with E-state index in [4.69, 9.17) is 23.7 Å². The van der Waals surface area contributed by atoms with Gasteiger partial charge in [0.15, 0.2) is 0 Å². The monoisotopic (exact) mass is 515 g/mol. The number of fused-ring (bicyclic) bond motifs is 3. The van der Waals surface area contributed by atoms with Gasteiger partial charge in [-0.1, -0.05) is 91.0 Å². The van der Waals surface area contributed by atoms with Gasteiger partial charge >= 0.3 is 6.09 Å². The first-order chi connectivity index (χ1) is 18.8. The molecule has 0 aliphatic carbocycles. The van der Waals surface area contributed by atoms with Crippen LogP contribution in [0.5, 0.6) is 0 Å². The minimum absolute atomic E-state index is 0.0147. The summed E-state index contributed by atoms with van der Waals surface area (Å²) in [7, 11) is 0. The number of nitrogens with zero attached hydrogens (tertiary/aromatic N) is 1. The molecule has 6 atom stereocenters. The smallest absolute Gasteiger partial charge is 0.410 e. The summed E-state index contributed by atoms with van der Waals surface area (Å²) in [5.74, 6) is 0. The van der Waals surface area contributed by atoms with E-state index in [0.717, 1.165) is 16.7 Å². The summed E-state index contributed by atoms with van der Waals surface area (Å²) in [6.07, 6.45) is -0.958. The molecular formula is C31H33NO6. The number of carbonyl (C=O) groups excluding carboxylic acids is 1. The molecule has 2 unspecified atom stereocenters. The van der Waals surface area contributed by atoms with Gasteiger partial charge in [0.25, 0.3) is 0 Å². The molecule has 3 aromatic rings. The van der Waals surface area contributed by atoms with Crippen molar-refractivity contribution in [2.45, 2.75) is 62.7 Å². The summed E-state index contributed by atoms with van der Waals surface area (Å²) in [5.41, 5.74) is 3.22. The minimum atomic E-state index is -0.442. The van der Waals surface area contributed by atoms with Crippen LogP contribution in [-0.2, 0) is 43.5 Å². The Morgan fingerprint density at radius 3 is 1.89 bits per heavy atom. The first-order valence-electron chi connectivity index (χ1n) is 13.3. The lowest BCUT2D eigenvalue weighted by Crippen LogP contribution is -2.62. The Labute approximate surface area is 223 Å². The third-order valence-electron chi connectivity index (χ3n) is 7.55. The molecule has 0 N–H and O–H groups in total. The molecule has 0 spiro atoms. The zero-order valence-electron chi connectivity index (χ0n) is 21.3. The number of cyclic esters (lactones) is 1. The van der Waals surface area contributed by atoms with Crippen molar-refractivity contribution in [1.82, 2.24) is 4.90 Å². The van der Waals surface area contributed by atoms with Crippen LogP contribution in [0.3, 0.4) is 0 Å². The van der Waals surface area contributed by atoms with E-state index in [1.807, 2.05) is 95.9 Å². The summed E-state index contributed by atoms with van der Waals surface area (Å²) in [5, 5.41) is 0. The van der Waals surface area contributed by atoms with Crippen molar-refractivity contribution in [1.29, 1.82) is 0 Å². The van der Waals surface area contributed by atoms with Crippen molar-refractivity contribution in [3.05, 3.63) is 108 Å². The second-order valence-corrected chi connectivity index (χ2v) is 10.1. The molecule has 0 radical (unpaired) electrons. The fraction of sp³-hybridized carbons (Fsp3) is 0.387. The largest absolute Gasteiger partial charge is 0.447 e. The molecule has 0 bridgehead atoms. The van der Waals surface area contributed by atoms with Gasteiger partial charge in [-0.15, -0.1) is 0 Å². The molecule has 198 valence electrons. The summed E-state index contributed by atoms with van der Waals surface area (Å²) in [4.78, 5) is 14.6. The predicted molar refractivity (Wildman–Crippen MR) is 140 cm³/mol. The van der Waals surface area contributed by atoms with Gasteiger partial charge in [0.1, 0.15) is 24.9 Å². The molecule has 3 saturated heterocycles. The number of hydrogen-bond donors (Lipinski definition) is 0. The fourth-order valence-corrected chi connectivity index (χ4v) is 5.75. The molecule has 6 rings (SSSR count). The molecule has 3 heterocycles. The van der Waals surface area contributed by atoms with E-state index in [0.29, 0.717) is 39.5 Å². The summed E-state index contributed by atoms with van der Waals surface area (Å²) in [6, 6.07) is 29.9. The van der Waals surface area contributed by atoms with E-state index >= 15 is 0 Å². The van der Waals surface area contributed by atoms with Crippen molar-refractivity contribution in [3.8, 4) is 0 Å². The average molecular weight is 516 g/mol. The molecule has 3 aromatic carbocycles. The maximum absolute atomic E-state index is 12.8. The Bertz CT molecular complexity index is 1180. The Balaban J connectivity index is 1.25. The number of ether oxygens (including phenoxy) is 5. The van der Waals surface area contributed by atoms with Crippen LogP contribution in [0.2, 0.25) is 0 Å². The Kier molecular flexibility index (Phi) is 7.69. The van der Waals surface area contributed by atoms with E-state index in [9.17, 15) is 4.79 Å². The van der Waals surface area contributed by atoms with Gasteiger partial charge in [-0.25, -0.2) is 4.79 Å². The first-order valence-corrected chi connectivity index (χ1v) is 13.3. The van der Waals surface area contributed by atoms with Crippen LogP contribution >= 0.6 is 0 Å². The van der Waals surface area contributed by atoms with Crippen molar-refractivity contribution in [2.75, 3.05) is 13.2 Å². The van der Waals surface area contributed by atoms with Crippen molar-refractivity contribution in [3.63, 3.8) is 0 Å². The van der Waals surface area contributed by atoms with Crippen LogP contribution in [0.25, 0.3) is 0 Å². The highest BCUT2D eigenvalue weighted by atomic mass is 16.6. The minimum Gasteiger partial charge on any atom is -0.447 e. The topological polar surface area (TPSA) is 66.5 Å². The van der Waals surface area contributed by atoms with E-state index in [1.165, 1.54) is 0 Å². The lowest BCUT2D eigenvalue weighted by Gasteiger charge is -2.45. The van der Waals surface area contributed by atoms with E-state index in [1.54, 1.807) is 0 Å². The fourth-order valence-electron chi connectivity index (χ4n) is 5.75. The zero-order valence-corrected chi connectivity index (χ0v) is 21.3. The van der Waals surface area contributed by atoms with Gasteiger partial charge in [0.05, 0.1) is 44.6 Å². The lowest BCUT2D eigenvalue weighted by atomic mass is 9.92. The molecule has 0 aromatic heterocycles. The SMILES string of the molecule is O=C1OC[C@@H]2C[C@H]3OC(COCc4ccccc4)[C@H](OCc4ccccc4)[C@@H](OCc4ccccc4)C3N12. The highest BCUT2D eigenvalue weighted by Gasteiger charge is 2.59. The van der Waals surface area contributed by atoms with Gasteiger partial charge in [-0.05, 0) is 23.1 Å². The van der Waals surface area contributed by atoms with Crippen molar-refractivity contribution >= 4 is 6.09 Å². The predicted octanol–water partition coefficient (Wildman–Crippen LogP) is 4.73. The number of hydrogen-bond acceptors (Lipinski definition) is 6. The van der Waals surface area contributed by atoms with Crippen LogP contribution in [0.4, 0.5) is 4.79 Å². The van der Waals surface area contributed by atoms with Crippen molar-refractivity contribution < 1.29 is 28.5 Å². The Morgan fingerprint density at radius 2 is 1.29 bits per heavy atom. The molecule has 3 fully saturated rings. The van der Waals surface area contributed by atoms with Gasteiger partial charge in [0.2, 0.25) is 0 Å². The number of amides is 1. The van der Waals surface area contributed by atoms with E-state index in [-0.39, 0.29) is 30.4 Å². The van der Waals surface area contributed by atoms with Crippen LogP contribution in [-0.4, -0.2) is 60.7 Å². The molecule has 0 saturated carbocycles. The third-order valence-corrected chi connectivity index (χ3v) is 7.55. The highest BCUT2D eigenvalue weighted by Crippen LogP contribution is 2.41. The van der Waals surface area contributed by atoms with Gasteiger partial charge in [-0.3, -0.25) is 4.90 Å². The summed E-state index contributed by atoms with van der Waals surface area (Å²) < 4.78 is 31.4. The molecule has 7 nitrogen and oxygen atoms in total. The van der Waals surface area contributed by atoms with Crippen LogP contribution in [0.1, 0.15) is 23.1 Å². The van der Waals surface area contributed by atoms with Gasteiger partial charge in [0, 0.05) is 0 Å². The lowest BCUT2D eigenvalue weighted by molar-refractivity contribution is -0.233. The number of benzene rings is 3. The average Bonchev–Trinajstić information content (AvgIpc) is 3.51. The third kappa shape index (κ3) is 5.47. The maximum atomic E-state index is 12.8. The van der Waals surface area contributed by atoms with Crippen LogP contribution in [0.15, 0.2) is 91.0 Å². The summed E-state index contributed by atoms with van der Waals surface area (Å²) in [6.45, 7) is 2.03. The Hall–Kier alpha value is -3.23. The van der Waals surface area contributed by atoms with Gasteiger partial charge < -0.3 is 23.7 Å². The molecule has 3 aliphatic heterocycles. The van der Waals surface area contributed by atoms with Crippen LogP contribution < -0.4 is 0 Å². The highest BCUT2D eigenvalue weighted by molar-refractivity contribution is 5.71. The second-order valence-electron chi connectivity index (χ2n) is 10.1. The van der Waals surface area contributed by atoms with Gasteiger partial charge in [-0.2, -0.15) is 0 Å². The van der Waals surface area contributed by atoms with E-state index in [2.05, 4.69) is 0 Å². The van der Waals surface area contributed by atoms with Crippen molar-refractivity contribution in [2.24, 2.45) is 0 Å². The molecule has 38 heavy (non-hydrogen) atoms.